The fourth-order valence-electron chi connectivity index (χ4n) is 0.728. The number of alkyl halides is 1. The molecule has 0 aliphatic heterocycles. The molecule has 0 aliphatic carbocycles. The Labute approximate surface area is 62.9 Å². The van der Waals surface area contributed by atoms with Gasteiger partial charge in [0.15, 0.2) is 0 Å². The Morgan fingerprint density at radius 2 is 2.11 bits per heavy atom. The quantitative estimate of drug-likeness (QED) is 0.424. The normalized spacial score (nSPS) is 12.8. The van der Waals surface area contributed by atoms with Crippen LogP contribution >= 0.6 is 11.6 Å². The van der Waals surface area contributed by atoms with Crippen molar-refractivity contribution >= 4 is 11.6 Å². The van der Waals surface area contributed by atoms with E-state index in [1.165, 1.54) is 5.57 Å². The van der Waals surface area contributed by atoms with Gasteiger partial charge in [-0.1, -0.05) is 32.4 Å². The van der Waals surface area contributed by atoms with Gasteiger partial charge in [-0.15, -0.1) is 11.6 Å². The number of allylic oxidation sites excluding steroid dienone is 2. The summed E-state index contributed by atoms with van der Waals surface area (Å²) in [6, 6.07) is 0. The lowest BCUT2D eigenvalue weighted by Crippen LogP contribution is -1.86. The van der Waals surface area contributed by atoms with E-state index in [0.717, 1.165) is 6.42 Å². The van der Waals surface area contributed by atoms with Gasteiger partial charge in [-0.05, 0) is 12.3 Å². The minimum absolute atomic E-state index is 0.638. The van der Waals surface area contributed by atoms with E-state index in [2.05, 4.69) is 26.8 Å². The van der Waals surface area contributed by atoms with Gasteiger partial charge >= 0.3 is 0 Å². The minimum atomic E-state index is 0.638. The zero-order valence-corrected chi connectivity index (χ0v) is 7.20. The standard InChI is InChI=1S/C8H15Cl/c1-4-8(6-9)5-7(2)3/h5,7H,4,6H2,1-3H3. The Balaban J connectivity index is 3.75. The summed E-state index contributed by atoms with van der Waals surface area (Å²) in [5.74, 6) is 1.33. The fraction of sp³-hybridized carbons (Fsp3) is 0.750. The van der Waals surface area contributed by atoms with Crippen molar-refractivity contribution in [3.63, 3.8) is 0 Å². The van der Waals surface area contributed by atoms with E-state index in [0.29, 0.717) is 11.8 Å². The second-order valence-electron chi connectivity index (χ2n) is 2.56. The highest BCUT2D eigenvalue weighted by atomic mass is 35.5. The van der Waals surface area contributed by atoms with E-state index < -0.39 is 0 Å². The molecule has 0 heterocycles. The summed E-state index contributed by atoms with van der Waals surface area (Å²) in [7, 11) is 0. The van der Waals surface area contributed by atoms with Crippen LogP contribution in [0.4, 0.5) is 0 Å². The van der Waals surface area contributed by atoms with Crippen LogP contribution < -0.4 is 0 Å². The summed E-state index contributed by atoms with van der Waals surface area (Å²) in [5.41, 5.74) is 1.35. The van der Waals surface area contributed by atoms with Gasteiger partial charge in [0.05, 0.1) is 0 Å². The van der Waals surface area contributed by atoms with Gasteiger partial charge in [-0.3, -0.25) is 0 Å². The van der Waals surface area contributed by atoms with Crippen molar-refractivity contribution < 1.29 is 0 Å². The molecule has 0 unspecified atom stereocenters. The first-order valence-corrected chi connectivity index (χ1v) is 3.99. The van der Waals surface area contributed by atoms with Crippen molar-refractivity contribution in [2.75, 3.05) is 5.88 Å². The third kappa shape index (κ3) is 4.53. The molecule has 0 amide bonds. The SMILES string of the molecule is CCC(=CC(C)C)CCl. The van der Waals surface area contributed by atoms with E-state index >= 15 is 0 Å². The van der Waals surface area contributed by atoms with Crippen molar-refractivity contribution in [3.8, 4) is 0 Å². The average molecular weight is 147 g/mol. The molecule has 0 N–H and O–H groups in total. The molecule has 0 rings (SSSR count). The van der Waals surface area contributed by atoms with Crippen molar-refractivity contribution in [2.45, 2.75) is 27.2 Å². The van der Waals surface area contributed by atoms with Gasteiger partial charge in [-0.2, -0.15) is 0 Å². The summed E-state index contributed by atoms with van der Waals surface area (Å²) >= 11 is 5.64. The predicted molar refractivity (Wildman–Crippen MR) is 43.9 cm³/mol. The Hall–Kier alpha value is 0.0300. The van der Waals surface area contributed by atoms with Crippen LogP contribution in [0, 0.1) is 5.92 Å². The summed E-state index contributed by atoms with van der Waals surface area (Å²) in [6.07, 6.45) is 3.31. The smallest absolute Gasteiger partial charge is 0.0433 e. The highest BCUT2D eigenvalue weighted by molar-refractivity contribution is 6.19. The lowest BCUT2D eigenvalue weighted by Gasteiger charge is -2.00. The Kier molecular flexibility index (Phi) is 4.88. The molecule has 0 spiro atoms. The molecule has 1 heteroatoms. The molecular weight excluding hydrogens is 132 g/mol. The first-order chi connectivity index (χ1) is 4.20. The van der Waals surface area contributed by atoms with Gasteiger partial charge < -0.3 is 0 Å². The number of hydrogen-bond acceptors (Lipinski definition) is 0. The molecule has 0 atom stereocenters. The van der Waals surface area contributed by atoms with Gasteiger partial charge in [-0.25, -0.2) is 0 Å². The molecule has 0 radical (unpaired) electrons. The van der Waals surface area contributed by atoms with Crippen LogP contribution in [-0.4, -0.2) is 5.88 Å². The van der Waals surface area contributed by atoms with E-state index in [1.54, 1.807) is 0 Å². The Morgan fingerprint density at radius 3 is 2.22 bits per heavy atom. The van der Waals surface area contributed by atoms with Crippen LogP contribution in [0.1, 0.15) is 27.2 Å². The second-order valence-corrected chi connectivity index (χ2v) is 2.82. The number of hydrogen-bond donors (Lipinski definition) is 0. The van der Waals surface area contributed by atoms with Crippen LogP contribution in [0.15, 0.2) is 11.6 Å². The monoisotopic (exact) mass is 146 g/mol. The largest absolute Gasteiger partial charge is 0.122 e. The van der Waals surface area contributed by atoms with Crippen LogP contribution in [0.3, 0.4) is 0 Å². The summed E-state index contributed by atoms with van der Waals surface area (Å²) in [5, 5.41) is 0. The van der Waals surface area contributed by atoms with Gasteiger partial charge in [0.25, 0.3) is 0 Å². The van der Waals surface area contributed by atoms with Crippen molar-refractivity contribution in [2.24, 2.45) is 5.92 Å². The van der Waals surface area contributed by atoms with E-state index in [1.807, 2.05) is 0 Å². The number of halogens is 1. The molecule has 0 saturated carbocycles. The maximum Gasteiger partial charge on any atom is 0.0433 e. The zero-order chi connectivity index (χ0) is 7.28. The van der Waals surface area contributed by atoms with Crippen LogP contribution in [0.25, 0.3) is 0 Å². The topological polar surface area (TPSA) is 0 Å². The Morgan fingerprint density at radius 1 is 1.56 bits per heavy atom. The second kappa shape index (κ2) is 4.87. The molecule has 0 aromatic carbocycles. The van der Waals surface area contributed by atoms with E-state index in [4.69, 9.17) is 11.6 Å². The average Bonchev–Trinajstić information content (AvgIpc) is 1.82. The third-order valence-corrected chi connectivity index (χ3v) is 1.54. The predicted octanol–water partition coefficient (Wildman–Crippen LogP) is 3.22. The van der Waals surface area contributed by atoms with Crippen LogP contribution in [0.5, 0.6) is 0 Å². The van der Waals surface area contributed by atoms with Crippen molar-refractivity contribution in [3.05, 3.63) is 11.6 Å². The van der Waals surface area contributed by atoms with Gasteiger partial charge in [0.2, 0.25) is 0 Å². The van der Waals surface area contributed by atoms with Crippen molar-refractivity contribution in [1.29, 1.82) is 0 Å². The van der Waals surface area contributed by atoms with E-state index in [-0.39, 0.29) is 0 Å². The molecule has 0 saturated heterocycles. The number of rotatable bonds is 3. The minimum Gasteiger partial charge on any atom is -0.122 e. The lowest BCUT2D eigenvalue weighted by atomic mass is 10.1. The molecule has 54 valence electrons. The molecule has 0 aliphatic rings. The molecule has 0 nitrogen and oxygen atoms in total. The molecule has 0 aromatic rings. The van der Waals surface area contributed by atoms with Gasteiger partial charge in [0, 0.05) is 5.88 Å². The van der Waals surface area contributed by atoms with Crippen LogP contribution in [-0.2, 0) is 0 Å². The summed E-state index contributed by atoms with van der Waals surface area (Å²) in [4.78, 5) is 0. The molecule has 0 fully saturated rings. The molecule has 0 aromatic heterocycles. The molecular formula is C8H15Cl. The van der Waals surface area contributed by atoms with E-state index in [9.17, 15) is 0 Å². The fourth-order valence-corrected chi connectivity index (χ4v) is 1.01. The third-order valence-electron chi connectivity index (χ3n) is 1.19. The summed E-state index contributed by atoms with van der Waals surface area (Å²) < 4.78 is 0. The zero-order valence-electron chi connectivity index (χ0n) is 6.45. The first kappa shape index (κ1) is 9.03. The Bertz CT molecular complexity index is 86.7. The first-order valence-electron chi connectivity index (χ1n) is 3.46. The maximum absolute atomic E-state index is 5.64. The van der Waals surface area contributed by atoms with Gasteiger partial charge in [0.1, 0.15) is 0 Å². The highest BCUT2D eigenvalue weighted by Gasteiger charge is 1.92. The molecule has 0 bridgehead atoms. The maximum atomic E-state index is 5.64. The van der Waals surface area contributed by atoms with Crippen molar-refractivity contribution in [1.82, 2.24) is 0 Å². The van der Waals surface area contributed by atoms with Crippen LogP contribution in [0.2, 0.25) is 0 Å². The summed E-state index contributed by atoms with van der Waals surface area (Å²) in [6.45, 7) is 6.47. The lowest BCUT2D eigenvalue weighted by molar-refractivity contribution is 0.814. The molecule has 9 heavy (non-hydrogen) atoms. The highest BCUT2D eigenvalue weighted by Crippen LogP contribution is 2.07.